The first kappa shape index (κ1) is 10.5. The fourth-order valence-electron chi connectivity index (χ4n) is 1.69. The van der Waals surface area contributed by atoms with Gasteiger partial charge in [0, 0.05) is 0 Å². The lowest BCUT2D eigenvalue weighted by Gasteiger charge is -2.21. The first-order chi connectivity index (χ1) is 7.45. The zero-order chi connectivity index (χ0) is 11.9. The fraction of sp³-hybridized carbons (Fsp3) is 0.200. The summed E-state index contributed by atoms with van der Waals surface area (Å²) in [5.41, 5.74) is -2.16. The molecule has 1 aliphatic heterocycles. The van der Waals surface area contributed by atoms with Gasteiger partial charge in [-0.1, -0.05) is 6.07 Å². The van der Waals surface area contributed by atoms with Crippen molar-refractivity contribution in [3.63, 3.8) is 0 Å². The number of hydrogen-bond donors (Lipinski definition) is 2. The van der Waals surface area contributed by atoms with E-state index in [9.17, 15) is 18.4 Å². The van der Waals surface area contributed by atoms with Crippen molar-refractivity contribution >= 4 is 11.9 Å². The van der Waals surface area contributed by atoms with E-state index in [-0.39, 0.29) is 0 Å². The van der Waals surface area contributed by atoms with Crippen molar-refractivity contribution in [3.8, 4) is 0 Å². The summed E-state index contributed by atoms with van der Waals surface area (Å²) in [5, 5.41) is 4.14. The van der Waals surface area contributed by atoms with Gasteiger partial charge in [0.15, 0.2) is 0 Å². The molecule has 0 aliphatic carbocycles. The summed E-state index contributed by atoms with van der Waals surface area (Å²) in [6.45, 7) is 1.24. The molecular formula is C10H8F2N2O2. The number of carbonyl (C=O) groups is 2. The van der Waals surface area contributed by atoms with Crippen LogP contribution in [0.4, 0.5) is 13.6 Å². The smallest absolute Gasteiger partial charge is 0.319 e. The van der Waals surface area contributed by atoms with Crippen LogP contribution in [0.15, 0.2) is 18.2 Å². The van der Waals surface area contributed by atoms with E-state index in [2.05, 4.69) is 5.32 Å². The van der Waals surface area contributed by atoms with Crippen LogP contribution in [0.25, 0.3) is 0 Å². The molecule has 1 fully saturated rings. The topological polar surface area (TPSA) is 58.2 Å². The van der Waals surface area contributed by atoms with Crippen LogP contribution < -0.4 is 10.6 Å². The third-order valence-corrected chi connectivity index (χ3v) is 2.51. The molecule has 0 aromatic heterocycles. The molecular weight excluding hydrogens is 218 g/mol. The van der Waals surface area contributed by atoms with Crippen molar-refractivity contribution in [1.82, 2.24) is 10.6 Å². The minimum Gasteiger partial charge on any atom is -0.319 e. The van der Waals surface area contributed by atoms with Crippen molar-refractivity contribution in [1.29, 1.82) is 0 Å². The zero-order valence-electron chi connectivity index (χ0n) is 8.30. The molecule has 0 radical (unpaired) electrons. The van der Waals surface area contributed by atoms with E-state index in [0.29, 0.717) is 0 Å². The molecule has 0 saturated carbocycles. The van der Waals surface area contributed by atoms with Gasteiger partial charge in [0.2, 0.25) is 0 Å². The summed E-state index contributed by atoms with van der Waals surface area (Å²) in [6, 6.07) is 2.48. The molecule has 1 aromatic carbocycles. The van der Waals surface area contributed by atoms with Gasteiger partial charge in [0.1, 0.15) is 17.2 Å². The van der Waals surface area contributed by atoms with E-state index >= 15 is 0 Å². The molecule has 4 nitrogen and oxygen atoms in total. The second-order valence-corrected chi connectivity index (χ2v) is 3.63. The highest BCUT2D eigenvalue weighted by atomic mass is 19.1. The van der Waals surface area contributed by atoms with Gasteiger partial charge in [0.25, 0.3) is 5.91 Å². The Kier molecular flexibility index (Phi) is 2.15. The number of urea groups is 1. The lowest BCUT2D eigenvalue weighted by molar-refractivity contribution is -0.123. The highest BCUT2D eigenvalue weighted by molar-refractivity contribution is 6.07. The van der Waals surface area contributed by atoms with E-state index in [1.807, 2.05) is 5.32 Å². The van der Waals surface area contributed by atoms with Crippen LogP contribution in [0.2, 0.25) is 0 Å². The van der Waals surface area contributed by atoms with Gasteiger partial charge in [0.05, 0.1) is 5.56 Å². The molecule has 2 rings (SSSR count). The summed E-state index contributed by atoms with van der Waals surface area (Å²) >= 11 is 0. The second kappa shape index (κ2) is 3.26. The summed E-state index contributed by atoms with van der Waals surface area (Å²) in [4.78, 5) is 22.5. The highest BCUT2D eigenvalue weighted by Crippen LogP contribution is 2.28. The molecule has 1 saturated heterocycles. The summed E-state index contributed by atoms with van der Waals surface area (Å²) in [6.07, 6.45) is 0. The largest absolute Gasteiger partial charge is 0.322 e. The molecule has 0 spiro atoms. The number of hydrogen-bond acceptors (Lipinski definition) is 2. The van der Waals surface area contributed by atoms with Crippen molar-refractivity contribution in [3.05, 3.63) is 35.4 Å². The second-order valence-electron chi connectivity index (χ2n) is 3.63. The minimum atomic E-state index is -1.70. The van der Waals surface area contributed by atoms with Crippen LogP contribution in [0.3, 0.4) is 0 Å². The van der Waals surface area contributed by atoms with E-state index in [0.717, 1.165) is 12.1 Å². The Labute approximate surface area is 89.6 Å². The van der Waals surface area contributed by atoms with Crippen molar-refractivity contribution in [2.75, 3.05) is 0 Å². The third-order valence-electron chi connectivity index (χ3n) is 2.51. The maximum Gasteiger partial charge on any atom is 0.322 e. The first-order valence-electron chi connectivity index (χ1n) is 4.53. The van der Waals surface area contributed by atoms with Gasteiger partial charge in [-0.15, -0.1) is 0 Å². The Hall–Kier alpha value is -1.98. The van der Waals surface area contributed by atoms with E-state index in [4.69, 9.17) is 0 Å². The average molecular weight is 226 g/mol. The molecule has 1 aliphatic rings. The minimum absolute atomic E-state index is 0.460. The van der Waals surface area contributed by atoms with E-state index < -0.39 is 34.7 Å². The molecule has 2 N–H and O–H groups in total. The lowest BCUT2D eigenvalue weighted by Crippen LogP contribution is -2.42. The molecule has 1 heterocycles. The molecule has 16 heavy (non-hydrogen) atoms. The Morgan fingerprint density at radius 3 is 2.19 bits per heavy atom. The first-order valence-corrected chi connectivity index (χ1v) is 4.53. The summed E-state index contributed by atoms with van der Waals surface area (Å²) in [5.74, 6) is -2.53. The number of benzene rings is 1. The zero-order valence-corrected chi connectivity index (χ0v) is 8.30. The summed E-state index contributed by atoms with van der Waals surface area (Å²) in [7, 11) is 0. The van der Waals surface area contributed by atoms with Crippen molar-refractivity contribution in [2.24, 2.45) is 0 Å². The van der Waals surface area contributed by atoms with E-state index in [1.54, 1.807) is 0 Å². The maximum absolute atomic E-state index is 13.5. The van der Waals surface area contributed by atoms with Gasteiger partial charge in [-0.25, -0.2) is 13.6 Å². The number of rotatable bonds is 1. The Bertz CT molecular complexity index is 469. The number of imide groups is 1. The summed E-state index contributed by atoms with van der Waals surface area (Å²) < 4.78 is 27.0. The quantitative estimate of drug-likeness (QED) is 0.702. The van der Waals surface area contributed by atoms with Crippen LogP contribution in [-0.4, -0.2) is 11.9 Å². The Balaban J connectivity index is 2.60. The van der Waals surface area contributed by atoms with Gasteiger partial charge in [-0.2, -0.15) is 0 Å². The number of carbonyl (C=O) groups excluding carboxylic acids is 2. The monoisotopic (exact) mass is 226 g/mol. The maximum atomic E-state index is 13.5. The molecule has 1 aromatic rings. The van der Waals surface area contributed by atoms with Crippen LogP contribution in [0.5, 0.6) is 0 Å². The standard InChI is InChI=1S/C10H8F2N2O2/c1-10(8(15)13-9(16)14-10)7-5(11)3-2-4-6(7)12/h2-4H,1H3,(H2,13,14,15,16)/t10-/m0/s1. The van der Waals surface area contributed by atoms with Gasteiger partial charge in [-0.3, -0.25) is 10.1 Å². The molecule has 0 bridgehead atoms. The van der Waals surface area contributed by atoms with Crippen LogP contribution >= 0.6 is 0 Å². The average Bonchev–Trinajstić information content (AvgIpc) is 2.40. The van der Waals surface area contributed by atoms with E-state index in [1.165, 1.54) is 13.0 Å². The molecule has 3 amide bonds. The predicted octanol–water partition coefficient (Wildman–Crippen LogP) is 1.02. The SMILES string of the molecule is C[C@@]1(c2c(F)cccc2F)NC(=O)NC1=O. The van der Waals surface area contributed by atoms with Crippen LogP contribution in [-0.2, 0) is 10.3 Å². The lowest BCUT2D eigenvalue weighted by atomic mass is 9.91. The van der Waals surface area contributed by atoms with Gasteiger partial charge >= 0.3 is 6.03 Å². The molecule has 1 atom stereocenters. The fourth-order valence-corrected chi connectivity index (χ4v) is 1.69. The normalized spacial score (nSPS) is 24.2. The van der Waals surface area contributed by atoms with Crippen molar-refractivity contribution in [2.45, 2.75) is 12.5 Å². The Morgan fingerprint density at radius 2 is 1.75 bits per heavy atom. The predicted molar refractivity (Wildman–Crippen MR) is 50.4 cm³/mol. The number of nitrogens with one attached hydrogen (secondary N) is 2. The van der Waals surface area contributed by atoms with Gasteiger partial charge in [-0.05, 0) is 19.1 Å². The molecule has 6 heteroatoms. The molecule has 84 valence electrons. The van der Waals surface area contributed by atoms with Gasteiger partial charge < -0.3 is 5.32 Å². The highest BCUT2D eigenvalue weighted by Gasteiger charge is 2.46. The third kappa shape index (κ3) is 1.34. The Morgan fingerprint density at radius 1 is 1.19 bits per heavy atom. The van der Waals surface area contributed by atoms with Crippen LogP contribution in [0, 0.1) is 11.6 Å². The number of halogens is 2. The van der Waals surface area contributed by atoms with Crippen LogP contribution in [0.1, 0.15) is 12.5 Å². The van der Waals surface area contributed by atoms with Crippen molar-refractivity contribution < 1.29 is 18.4 Å². The molecule has 0 unspecified atom stereocenters. The number of amides is 3.